The van der Waals surface area contributed by atoms with E-state index in [1.165, 1.54) is 36.5 Å². The van der Waals surface area contributed by atoms with E-state index in [9.17, 15) is 17.6 Å². The Balaban J connectivity index is 1.59. The van der Waals surface area contributed by atoms with E-state index in [4.69, 9.17) is 9.56 Å². The van der Waals surface area contributed by atoms with Crippen LogP contribution in [-0.4, -0.2) is 25.1 Å². The van der Waals surface area contributed by atoms with E-state index in [2.05, 4.69) is 10.3 Å². The van der Waals surface area contributed by atoms with Crippen molar-refractivity contribution in [1.29, 1.82) is 0 Å². The lowest BCUT2D eigenvalue weighted by atomic mass is 10.2. The second kappa shape index (κ2) is 7.91. The lowest BCUT2D eigenvalue weighted by Crippen LogP contribution is -2.16. The van der Waals surface area contributed by atoms with Gasteiger partial charge in [-0.1, -0.05) is 17.8 Å². The van der Waals surface area contributed by atoms with E-state index < -0.39 is 10.0 Å². The van der Waals surface area contributed by atoms with E-state index in [0.29, 0.717) is 17.0 Å². The van der Waals surface area contributed by atoms with Crippen molar-refractivity contribution in [2.24, 2.45) is 5.14 Å². The van der Waals surface area contributed by atoms with Crippen LogP contribution in [0.5, 0.6) is 0 Å². The number of nitrogens with one attached hydrogen (secondary N) is 1. The van der Waals surface area contributed by atoms with Crippen molar-refractivity contribution in [3.8, 4) is 11.3 Å². The molecule has 7 nitrogen and oxygen atoms in total. The van der Waals surface area contributed by atoms with E-state index in [1.54, 1.807) is 18.2 Å². The first kappa shape index (κ1) is 19.1. The van der Waals surface area contributed by atoms with Crippen LogP contribution in [-0.2, 0) is 14.8 Å². The summed E-state index contributed by atoms with van der Waals surface area (Å²) in [5.74, 6) is -0.258. The molecule has 10 heteroatoms. The van der Waals surface area contributed by atoms with Gasteiger partial charge in [-0.25, -0.2) is 22.9 Å². The molecule has 0 spiro atoms. The second-order valence-corrected chi connectivity index (χ2v) is 7.90. The summed E-state index contributed by atoms with van der Waals surface area (Å²) in [5.41, 5.74) is 0.978. The molecule has 1 heterocycles. The fraction of sp³-hybridized carbons (Fsp3) is 0.0588. The number of amides is 1. The van der Waals surface area contributed by atoms with Gasteiger partial charge < -0.3 is 9.73 Å². The standard InChI is InChI=1S/C17H14FN3O4S2/c18-12-6-4-11(5-7-12)15-9-20-17(25-15)26-10-16(22)21-13-2-1-3-14(8-13)27(19,23)24/h1-9H,10H2,(H,21,22)(H2,19,23,24). The number of thioether (sulfide) groups is 1. The number of rotatable bonds is 6. The molecule has 1 aromatic heterocycles. The van der Waals surface area contributed by atoms with E-state index in [1.807, 2.05) is 0 Å². The Labute approximate surface area is 158 Å². The molecule has 0 fully saturated rings. The number of nitrogens with zero attached hydrogens (tertiary/aromatic N) is 1. The number of aromatic nitrogens is 1. The first-order valence-electron chi connectivity index (χ1n) is 7.58. The Morgan fingerprint density at radius 3 is 2.67 bits per heavy atom. The van der Waals surface area contributed by atoms with Gasteiger partial charge in [-0.2, -0.15) is 0 Å². The first-order valence-corrected chi connectivity index (χ1v) is 10.1. The molecule has 0 unspecified atom stereocenters. The highest BCUT2D eigenvalue weighted by Crippen LogP contribution is 2.25. The van der Waals surface area contributed by atoms with Gasteiger partial charge in [0.2, 0.25) is 15.9 Å². The summed E-state index contributed by atoms with van der Waals surface area (Å²) in [4.78, 5) is 16.0. The molecule has 3 N–H and O–H groups in total. The molecule has 0 saturated carbocycles. The molecular formula is C17H14FN3O4S2. The lowest BCUT2D eigenvalue weighted by Gasteiger charge is -2.05. The van der Waals surface area contributed by atoms with Gasteiger partial charge in [-0.05, 0) is 42.5 Å². The predicted octanol–water partition coefficient (Wildman–Crippen LogP) is 2.86. The molecule has 1 amide bonds. The van der Waals surface area contributed by atoms with Crippen molar-refractivity contribution in [2.75, 3.05) is 11.1 Å². The van der Waals surface area contributed by atoms with Crippen LogP contribution in [0.15, 0.2) is 69.3 Å². The predicted molar refractivity (Wildman–Crippen MR) is 99.1 cm³/mol. The number of benzene rings is 2. The third-order valence-corrected chi connectivity index (χ3v) is 5.14. The van der Waals surface area contributed by atoms with E-state index in [-0.39, 0.29) is 27.6 Å². The molecule has 27 heavy (non-hydrogen) atoms. The molecule has 0 bridgehead atoms. The van der Waals surface area contributed by atoms with Gasteiger partial charge in [0.15, 0.2) is 5.76 Å². The molecule has 0 aliphatic heterocycles. The van der Waals surface area contributed by atoms with Crippen LogP contribution >= 0.6 is 11.8 Å². The monoisotopic (exact) mass is 407 g/mol. The molecule has 3 rings (SSSR count). The summed E-state index contributed by atoms with van der Waals surface area (Å²) in [6, 6.07) is 11.4. The zero-order valence-corrected chi connectivity index (χ0v) is 15.4. The molecular weight excluding hydrogens is 393 g/mol. The molecule has 0 aliphatic carbocycles. The number of anilines is 1. The van der Waals surface area contributed by atoms with Crippen molar-refractivity contribution in [1.82, 2.24) is 4.98 Å². The van der Waals surface area contributed by atoms with Gasteiger partial charge >= 0.3 is 0 Å². The maximum atomic E-state index is 13.0. The third-order valence-electron chi connectivity index (χ3n) is 3.39. The SMILES string of the molecule is NS(=O)(=O)c1cccc(NC(=O)CSc2ncc(-c3ccc(F)cc3)o2)c1. The van der Waals surface area contributed by atoms with Gasteiger partial charge in [-0.15, -0.1) is 0 Å². The molecule has 0 aliphatic rings. The van der Waals surface area contributed by atoms with Crippen molar-refractivity contribution in [2.45, 2.75) is 10.1 Å². The molecule has 2 aromatic carbocycles. The third kappa shape index (κ3) is 5.16. The summed E-state index contributed by atoms with van der Waals surface area (Å²) in [6.07, 6.45) is 1.49. The van der Waals surface area contributed by atoms with Crippen molar-refractivity contribution in [3.05, 3.63) is 60.5 Å². The normalized spacial score (nSPS) is 11.3. The van der Waals surface area contributed by atoms with Crippen LogP contribution in [0.1, 0.15) is 0 Å². The molecule has 140 valence electrons. The summed E-state index contributed by atoms with van der Waals surface area (Å²) >= 11 is 1.07. The minimum Gasteiger partial charge on any atom is -0.431 e. The van der Waals surface area contributed by atoms with Gasteiger partial charge in [0.25, 0.3) is 5.22 Å². The van der Waals surface area contributed by atoms with Gasteiger partial charge in [-0.3, -0.25) is 4.79 Å². The largest absolute Gasteiger partial charge is 0.431 e. The lowest BCUT2D eigenvalue weighted by molar-refractivity contribution is -0.113. The van der Waals surface area contributed by atoms with Crippen molar-refractivity contribution < 1.29 is 22.0 Å². The Morgan fingerprint density at radius 1 is 1.22 bits per heavy atom. The quantitative estimate of drug-likeness (QED) is 0.607. The molecule has 0 atom stereocenters. The Morgan fingerprint density at radius 2 is 1.96 bits per heavy atom. The number of hydrogen-bond acceptors (Lipinski definition) is 6. The average molecular weight is 407 g/mol. The average Bonchev–Trinajstić information content (AvgIpc) is 3.09. The molecule has 3 aromatic rings. The van der Waals surface area contributed by atoms with Crippen LogP contribution in [0.3, 0.4) is 0 Å². The number of halogens is 1. The number of primary sulfonamides is 1. The Bertz CT molecular complexity index is 1070. The topological polar surface area (TPSA) is 115 Å². The zero-order chi connectivity index (χ0) is 19.4. The smallest absolute Gasteiger partial charge is 0.256 e. The van der Waals surface area contributed by atoms with Crippen molar-refractivity contribution in [3.63, 3.8) is 0 Å². The fourth-order valence-corrected chi connectivity index (χ4v) is 3.31. The highest BCUT2D eigenvalue weighted by molar-refractivity contribution is 7.99. The highest BCUT2D eigenvalue weighted by Gasteiger charge is 2.12. The number of hydrogen-bond donors (Lipinski definition) is 2. The Hall–Kier alpha value is -2.69. The zero-order valence-electron chi connectivity index (χ0n) is 13.8. The number of sulfonamides is 1. The van der Waals surface area contributed by atoms with Crippen molar-refractivity contribution >= 4 is 33.4 Å². The van der Waals surface area contributed by atoms with Crippen LogP contribution < -0.4 is 10.5 Å². The highest BCUT2D eigenvalue weighted by atomic mass is 32.2. The minimum atomic E-state index is -3.85. The number of oxazole rings is 1. The fourth-order valence-electron chi connectivity index (χ4n) is 2.15. The summed E-state index contributed by atoms with van der Waals surface area (Å²) in [6.45, 7) is 0. The Kier molecular flexibility index (Phi) is 5.59. The van der Waals surface area contributed by atoms with Gasteiger partial charge in [0, 0.05) is 11.3 Å². The van der Waals surface area contributed by atoms with Crippen LogP contribution in [0.2, 0.25) is 0 Å². The van der Waals surface area contributed by atoms with Crippen LogP contribution in [0, 0.1) is 5.82 Å². The second-order valence-electron chi connectivity index (χ2n) is 5.41. The maximum absolute atomic E-state index is 13.0. The summed E-state index contributed by atoms with van der Waals surface area (Å²) < 4.78 is 41.2. The first-order chi connectivity index (χ1) is 12.8. The molecule has 0 saturated heterocycles. The van der Waals surface area contributed by atoms with Crippen LogP contribution in [0.25, 0.3) is 11.3 Å². The van der Waals surface area contributed by atoms with Crippen LogP contribution in [0.4, 0.5) is 10.1 Å². The van der Waals surface area contributed by atoms with Gasteiger partial charge in [0.05, 0.1) is 16.8 Å². The minimum absolute atomic E-state index is 0.00295. The number of nitrogens with two attached hydrogens (primary N) is 1. The van der Waals surface area contributed by atoms with E-state index >= 15 is 0 Å². The maximum Gasteiger partial charge on any atom is 0.256 e. The summed E-state index contributed by atoms with van der Waals surface area (Å²) in [5, 5.41) is 7.92. The molecule has 0 radical (unpaired) electrons. The van der Waals surface area contributed by atoms with Gasteiger partial charge in [0.1, 0.15) is 5.82 Å². The number of carbonyl (C=O) groups excluding carboxylic acids is 1. The number of carbonyl (C=O) groups is 1. The van der Waals surface area contributed by atoms with E-state index in [0.717, 1.165) is 11.8 Å². The summed E-state index contributed by atoms with van der Waals surface area (Å²) in [7, 11) is -3.85.